The summed E-state index contributed by atoms with van der Waals surface area (Å²) in [6.07, 6.45) is 2.70. The molecule has 0 aliphatic carbocycles. The summed E-state index contributed by atoms with van der Waals surface area (Å²) < 4.78 is 45.7. The zero-order valence-corrected chi connectivity index (χ0v) is 23.2. The lowest BCUT2D eigenvalue weighted by molar-refractivity contribution is -0.139. The zero-order chi connectivity index (χ0) is 28.4. The van der Waals surface area contributed by atoms with E-state index >= 15 is 0 Å². The van der Waals surface area contributed by atoms with Crippen LogP contribution < -0.4 is 14.4 Å². The maximum absolute atomic E-state index is 13.6. The fourth-order valence-electron chi connectivity index (χ4n) is 3.82. The van der Waals surface area contributed by atoms with Gasteiger partial charge in [0.2, 0.25) is 21.8 Å². The first-order valence-electron chi connectivity index (χ1n) is 12.7. The topological polar surface area (TPSA) is 96.0 Å². The maximum Gasteiger partial charge on any atom is 0.244 e. The van der Waals surface area contributed by atoms with Crippen LogP contribution in [0, 0.1) is 5.82 Å². The Morgan fingerprint density at radius 3 is 2.15 bits per heavy atom. The molecule has 1 unspecified atom stereocenters. The Balaban J connectivity index is 1.83. The molecule has 0 saturated heterocycles. The van der Waals surface area contributed by atoms with Crippen LogP contribution in [0.1, 0.15) is 32.3 Å². The first-order valence-corrected chi connectivity index (χ1v) is 14.6. The minimum Gasteiger partial charge on any atom is -0.457 e. The molecule has 1 atom stereocenters. The Kier molecular flexibility index (Phi) is 10.4. The van der Waals surface area contributed by atoms with Gasteiger partial charge in [-0.15, -0.1) is 0 Å². The summed E-state index contributed by atoms with van der Waals surface area (Å²) in [7, 11) is -3.87. The quantitative estimate of drug-likeness (QED) is 0.308. The third kappa shape index (κ3) is 8.81. The number of hydrogen-bond acceptors (Lipinski definition) is 5. The van der Waals surface area contributed by atoms with E-state index in [1.807, 2.05) is 25.1 Å². The molecule has 3 rings (SSSR count). The molecule has 0 aromatic heterocycles. The molecule has 0 aliphatic rings. The Labute approximate surface area is 229 Å². The molecule has 10 heteroatoms. The lowest BCUT2D eigenvalue weighted by atomic mass is 10.1. The van der Waals surface area contributed by atoms with Crippen molar-refractivity contribution in [1.29, 1.82) is 0 Å². The molecule has 0 heterocycles. The summed E-state index contributed by atoms with van der Waals surface area (Å²) in [5.41, 5.74) is 0.874. The second-order valence-electron chi connectivity index (χ2n) is 9.15. The lowest BCUT2D eigenvalue weighted by Crippen LogP contribution is -2.51. The summed E-state index contributed by atoms with van der Waals surface area (Å²) in [6.45, 7) is 3.53. The second kappa shape index (κ2) is 13.7. The number of nitrogens with zero attached hydrogens (tertiary/aromatic N) is 2. The van der Waals surface area contributed by atoms with E-state index in [2.05, 4.69) is 5.32 Å². The van der Waals surface area contributed by atoms with Crippen molar-refractivity contribution in [3.05, 3.63) is 90.2 Å². The van der Waals surface area contributed by atoms with Gasteiger partial charge in [-0.05, 0) is 67.4 Å². The van der Waals surface area contributed by atoms with E-state index in [1.165, 1.54) is 29.2 Å². The summed E-state index contributed by atoms with van der Waals surface area (Å²) in [5, 5.41) is 2.82. The van der Waals surface area contributed by atoms with Crippen molar-refractivity contribution < 1.29 is 27.1 Å². The van der Waals surface area contributed by atoms with Gasteiger partial charge >= 0.3 is 0 Å². The van der Waals surface area contributed by atoms with Crippen LogP contribution in [0.15, 0.2) is 78.9 Å². The van der Waals surface area contributed by atoms with Gasteiger partial charge in [0.05, 0.1) is 11.9 Å². The van der Waals surface area contributed by atoms with Crippen LogP contribution >= 0.6 is 0 Å². The average Bonchev–Trinajstić information content (AvgIpc) is 2.91. The molecule has 39 heavy (non-hydrogen) atoms. The molecular weight excluding hydrogens is 521 g/mol. The number of nitrogens with one attached hydrogen (secondary N) is 1. The monoisotopic (exact) mass is 555 g/mol. The van der Waals surface area contributed by atoms with Crippen molar-refractivity contribution in [3.63, 3.8) is 0 Å². The number of rotatable bonds is 13. The van der Waals surface area contributed by atoms with Gasteiger partial charge in [-0.3, -0.25) is 13.9 Å². The number of carbonyl (C=O) groups is 2. The van der Waals surface area contributed by atoms with Crippen LogP contribution in [0.4, 0.5) is 10.1 Å². The van der Waals surface area contributed by atoms with Gasteiger partial charge in [0.15, 0.2) is 0 Å². The fourth-order valence-corrected chi connectivity index (χ4v) is 4.67. The largest absolute Gasteiger partial charge is 0.457 e. The molecule has 3 aromatic rings. The summed E-state index contributed by atoms with van der Waals surface area (Å²) >= 11 is 0. The molecule has 3 aromatic carbocycles. The minimum absolute atomic E-state index is 0.00291. The number of ether oxygens (including phenoxy) is 1. The highest BCUT2D eigenvalue weighted by Gasteiger charge is 2.30. The van der Waals surface area contributed by atoms with Crippen molar-refractivity contribution in [2.45, 2.75) is 39.3 Å². The van der Waals surface area contributed by atoms with Crippen molar-refractivity contribution in [2.75, 3.05) is 23.7 Å². The highest BCUT2D eigenvalue weighted by atomic mass is 32.2. The van der Waals surface area contributed by atoms with E-state index in [0.29, 0.717) is 23.6 Å². The number of sulfonamides is 1. The van der Waals surface area contributed by atoms with Crippen LogP contribution in [0.5, 0.6) is 11.5 Å². The molecule has 1 N–H and O–H groups in total. The van der Waals surface area contributed by atoms with E-state index in [0.717, 1.165) is 23.4 Å². The third-order valence-corrected chi connectivity index (χ3v) is 7.19. The minimum atomic E-state index is -3.87. The van der Waals surface area contributed by atoms with Gasteiger partial charge in [0.1, 0.15) is 29.9 Å². The predicted octanol–water partition coefficient (Wildman–Crippen LogP) is 4.72. The van der Waals surface area contributed by atoms with E-state index in [-0.39, 0.29) is 18.1 Å². The van der Waals surface area contributed by atoms with Gasteiger partial charge in [0.25, 0.3) is 0 Å². The molecule has 0 radical (unpaired) electrons. The van der Waals surface area contributed by atoms with Crippen molar-refractivity contribution in [3.8, 4) is 11.5 Å². The zero-order valence-electron chi connectivity index (χ0n) is 22.3. The smallest absolute Gasteiger partial charge is 0.244 e. The lowest BCUT2D eigenvalue weighted by Gasteiger charge is -2.31. The molecule has 0 spiro atoms. The SMILES string of the molecule is CCCCNC(=O)C(C)N(Cc1ccc(F)cc1)C(=O)CN(c1ccc(Oc2ccccc2)cc1)S(C)(=O)=O. The van der Waals surface area contributed by atoms with Crippen LogP contribution in [0.2, 0.25) is 0 Å². The Bertz CT molecular complexity index is 1330. The molecule has 208 valence electrons. The van der Waals surface area contributed by atoms with Crippen LogP contribution in [-0.4, -0.2) is 50.5 Å². The van der Waals surface area contributed by atoms with Crippen LogP contribution in [-0.2, 0) is 26.2 Å². The normalized spacial score (nSPS) is 11.9. The second-order valence-corrected chi connectivity index (χ2v) is 11.1. The molecule has 0 fully saturated rings. The van der Waals surface area contributed by atoms with Crippen LogP contribution in [0.25, 0.3) is 0 Å². The molecule has 0 aliphatic heterocycles. The van der Waals surface area contributed by atoms with Gasteiger partial charge < -0.3 is 15.0 Å². The molecular formula is C29H34FN3O5S. The Morgan fingerprint density at radius 2 is 1.56 bits per heavy atom. The summed E-state index contributed by atoms with van der Waals surface area (Å²) in [6, 6.07) is 20.2. The first-order chi connectivity index (χ1) is 18.6. The Morgan fingerprint density at radius 1 is 0.949 bits per heavy atom. The number of hydrogen-bond donors (Lipinski definition) is 1. The number of unbranched alkanes of at least 4 members (excludes halogenated alkanes) is 1. The average molecular weight is 556 g/mol. The van der Waals surface area contributed by atoms with E-state index in [4.69, 9.17) is 4.74 Å². The summed E-state index contributed by atoms with van der Waals surface area (Å²) in [4.78, 5) is 27.7. The standard InChI is InChI=1S/C29H34FN3O5S/c1-4-5-19-31-29(35)22(2)32(20-23-11-13-24(30)14-12-23)28(34)21-33(39(3,36)37)25-15-17-27(18-16-25)38-26-9-7-6-8-10-26/h6-18,22H,4-5,19-21H2,1-3H3,(H,31,35). The van der Waals surface area contributed by atoms with E-state index in [1.54, 1.807) is 43.3 Å². The van der Waals surface area contributed by atoms with Crippen molar-refractivity contribution in [1.82, 2.24) is 10.2 Å². The van der Waals surface area contributed by atoms with Crippen molar-refractivity contribution >= 4 is 27.5 Å². The van der Waals surface area contributed by atoms with Gasteiger partial charge in [-0.2, -0.15) is 0 Å². The van der Waals surface area contributed by atoms with E-state index in [9.17, 15) is 22.4 Å². The third-order valence-electron chi connectivity index (χ3n) is 6.05. The summed E-state index contributed by atoms with van der Waals surface area (Å²) in [5.74, 6) is -0.229. The predicted molar refractivity (Wildman–Crippen MR) is 149 cm³/mol. The number of anilines is 1. The van der Waals surface area contributed by atoms with Crippen molar-refractivity contribution in [2.24, 2.45) is 0 Å². The highest BCUT2D eigenvalue weighted by Crippen LogP contribution is 2.26. The fraction of sp³-hybridized carbons (Fsp3) is 0.310. The highest BCUT2D eigenvalue weighted by molar-refractivity contribution is 7.92. The van der Waals surface area contributed by atoms with Gasteiger partial charge in [0, 0.05) is 13.1 Å². The molecule has 0 bridgehead atoms. The number of para-hydroxylation sites is 1. The maximum atomic E-state index is 13.6. The molecule has 2 amide bonds. The first kappa shape index (κ1) is 29.6. The van der Waals surface area contributed by atoms with Gasteiger partial charge in [-0.1, -0.05) is 43.7 Å². The van der Waals surface area contributed by atoms with E-state index < -0.39 is 34.3 Å². The Hall–Kier alpha value is -3.92. The molecule has 8 nitrogen and oxygen atoms in total. The number of carbonyl (C=O) groups excluding carboxylic acids is 2. The van der Waals surface area contributed by atoms with Crippen LogP contribution in [0.3, 0.4) is 0 Å². The number of amides is 2. The van der Waals surface area contributed by atoms with Gasteiger partial charge in [-0.25, -0.2) is 12.8 Å². The number of halogens is 1. The molecule has 0 saturated carbocycles. The number of benzene rings is 3.